The van der Waals surface area contributed by atoms with Gasteiger partial charge >= 0.3 is 0 Å². The van der Waals surface area contributed by atoms with E-state index in [-0.39, 0.29) is 5.91 Å². The fourth-order valence-corrected chi connectivity index (χ4v) is 2.49. The zero-order valence-corrected chi connectivity index (χ0v) is 12.2. The monoisotopic (exact) mass is 305 g/mol. The SMILES string of the molecule is O=C(NC[C@H]1CCNC1)c1cnn(-c2cccc(Cl)c2)n1. The van der Waals surface area contributed by atoms with E-state index in [2.05, 4.69) is 20.8 Å². The van der Waals surface area contributed by atoms with Gasteiger partial charge in [0.05, 0.1) is 11.9 Å². The summed E-state index contributed by atoms with van der Waals surface area (Å²) in [5, 5.41) is 15.1. The minimum absolute atomic E-state index is 0.199. The van der Waals surface area contributed by atoms with Crippen LogP contribution < -0.4 is 10.6 Å². The molecule has 3 rings (SSSR count). The summed E-state index contributed by atoms with van der Waals surface area (Å²) < 4.78 is 0. The molecule has 110 valence electrons. The van der Waals surface area contributed by atoms with Gasteiger partial charge < -0.3 is 10.6 Å². The van der Waals surface area contributed by atoms with Crippen molar-refractivity contribution < 1.29 is 4.79 Å². The average Bonchev–Trinajstić information content (AvgIpc) is 3.16. The van der Waals surface area contributed by atoms with E-state index in [1.54, 1.807) is 12.1 Å². The Morgan fingerprint density at radius 1 is 1.52 bits per heavy atom. The molecule has 0 unspecified atom stereocenters. The standard InChI is InChI=1S/C14H16ClN5O/c15-11-2-1-3-12(6-11)20-18-9-13(19-20)14(21)17-8-10-4-5-16-7-10/h1-3,6,9-10,16H,4-5,7-8H2,(H,17,21)/t10-/m0/s1. The van der Waals surface area contributed by atoms with Crippen LogP contribution in [0.4, 0.5) is 0 Å². The Morgan fingerprint density at radius 2 is 2.43 bits per heavy atom. The second-order valence-electron chi connectivity index (χ2n) is 5.07. The molecule has 0 bridgehead atoms. The molecule has 0 saturated carbocycles. The lowest BCUT2D eigenvalue weighted by molar-refractivity contribution is 0.0943. The predicted molar refractivity (Wildman–Crippen MR) is 79.7 cm³/mol. The lowest BCUT2D eigenvalue weighted by Crippen LogP contribution is -2.30. The van der Waals surface area contributed by atoms with E-state index in [0.29, 0.717) is 23.2 Å². The van der Waals surface area contributed by atoms with Crippen molar-refractivity contribution in [2.75, 3.05) is 19.6 Å². The minimum atomic E-state index is -0.199. The molecule has 1 saturated heterocycles. The van der Waals surface area contributed by atoms with E-state index in [1.165, 1.54) is 11.0 Å². The number of hydrogen-bond acceptors (Lipinski definition) is 4. The number of rotatable bonds is 4. The van der Waals surface area contributed by atoms with E-state index in [1.807, 2.05) is 12.1 Å². The number of amides is 1. The van der Waals surface area contributed by atoms with Gasteiger partial charge in [-0.1, -0.05) is 17.7 Å². The Morgan fingerprint density at radius 3 is 3.19 bits per heavy atom. The number of hydrogen-bond donors (Lipinski definition) is 2. The molecule has 6 nitrogen and oxygen atoms in total. The molecule has 1 fully saturated rings. The number of benzene rings is 1. The molecule has 7 heteroatoms. The number of aromatic nitrogens is 3. The molecule has 2 aromatic rings. The van der Waals surface area contributed by atoms with Gasteiger partial charge in [0.2, 0.25) is 0 Å². The van der Waals surface area contributed by atoms with Crippen molar-refractivity contribution in [2.45, 2.75) is 6.42 Å². The summed E-state index contributed by atoms with van der Waals surface area (Å²) in [4.78, 5) is 13.4. The topological polar surface area (TPSA) is 71.8 Å². The third-order valence-electron chi connectivity index (χ3n) is 3.48. The smallest absolute Gasteiger partial charge is 0.273 e. The van der Waals surface area contributed by atoms with Crippen LogP contribution in [-0.2, 0) is 0 Å². The van der Waals surface area contributed by atoms with Gasteiger partial charge in [-0.3, -0.25) is 4.79 Å². The zero-order valence-electron chi connectivity index (χ0n) is 11.4. The molecule has 2 heterocycles. The van der Waals surface area contributed by atoms with Crippen LogP contribution in [0.2, 0.25) is 5.02 Å². The first-order valence-electron chi connectivity index (χ1n) is 6.89. The molecule has 1 atom stereocenters. The average molecular weight is 306 g/mol. The number of nitrogens with one attached hydrogen (secondary N) is 2. The highest BCUT2D eigenvalue weighted by molar-refractivity contribution is 6.30. The quantitative estimate of drug-likeness (QED) is 0.892. The van der Waals surface area contributed by atoms with Crippen LogP contribution in [-0.4, -0.2) is 40.5 Å². The van der Waals surface area contributed by atoms with E-state index in [0.717, 1.165) is 25.2 Å². The minimum Gasteiger partial charge on any atom is -0.350 e. The van der Waals surface area contributed by atoms with E-state index in [9.17, 15) is 4.79 Å². The second-order valence-corrected chi connectivity index (χ2v) is 5.50. The van der Waals surface area contributed by atoms with E-state index >= 15 is 0 Å². The maximum Gasteiger partial charge on any atom is 0.273 e. The number of carbonyl (C=O) groups is 1. The fourth-order valence-electron chi connectivity index (χ4n) is 2.31. The molecular formula is C14H16ClN5O. The highest BCUT2D eigenvalue weighted by Crippen LogP contribution is 2.13. The van der Waals surface area contributed by atoms with Crippen LogP contribution >= 0.6 is 11.6 Å². The van der Waals surface area contributed by atoms with Gasteiger partial charge in [-0.05, 0) is 43.6 Å². The van der Waals surface area contributed by atoms with Crippen molar-refractivity contribution in [1.82, 2.24) is 25.6 Å². The normalized spacial score (nSPS) is 17.9. The lowest BCUT2D eigenvalue weighted by atomic mass is 10.1. The highest BCUT2D eigenvalue weighted by atomic mass is 35.5. The van der Waals surface area contributed by atoms with Crippen LogP contribution in [0.5, 0.6) is 0 Å². The molecule has 0 spiro atoms. The largest absolute Gasteiger partial charge is 0.350 e. The summed E-state index contributed by atoms with van der Waals surface area (Å²) in [7, 11) is 0. The summed E-state index contributed by atoms with van der Waals surface area (Å²) >= 11 is 5.93. The zero-order chi connectivity index (χ0) is 14.7. The number of carbonyl (C=O) groups excluding carboxylic acids is 1. The van der Waals surface area contributed by atoms with Gasteiger partial charge in [-0.25, -0.2) is 0 Å². The molecule has 21 heavy (non-hydrogen) atoms. The van der Waals surface area contributed by atoms with Gasteiger partial charge in [0.1, 0.15) is 0 Å². The lowest BCUT2D eigenvalue weighted by Gasteiger charge is -2.08. The van der Waals surface area contributed by atoms with Gasteiger partial charge in [0, 0.05) is 11.6 Å². The van der Waals surface area contributed by atoms with Crippen molar-refractivity contribution in [3.63, 3.8) is 0 Å². The Labute approximate surface area is 127 Å². The van der Waals surface area contributed by atoms with Gasteiger partial charge in [-0.2, -0.15) is 9.90 Å². The maximum absolute atomic E-state index is 12.0. The van der Waals surface area contributed by atoms with Crippen LogP contribution in [0.3, 0.4) is 0 Å². The van der Waals surface area contributed by atoms with E-state index in [4.69, 9.17) is 11.6 Å². The second kappa shape index (κ2) is 6.24. The third-order valence-corrected chi connectivity index (χ3v) is 3.71. The van der Waals surface area contributed by atoms with Gasteiger partial charge in [0.25, 0.3) is 5.91 Å². The Kier molecular flexibility index (Phi) is 4.17. The first-order valence-corrected chi connectivity index (χ1v) is 7.27. The Bertz CT molecular complexity index is 636. The maximum atomic E-state index is 12.0. The van der Waals surface area contributed by atoms with Crippen LogP contribution in [0.15, 0.2) is 30.5 Å². The molecule has 1 amide bonds. The van der Waals surface area contributed by atoms with Gasteiger partial charge in [-0.15, -0.1) is 5.10 Å². The summed E-state index contributed by atoms with van der Waals surface area (Å²) in [6, 6.07) is 7.16. The predicted octanol–water partition coefficient (Wildman–Crippen LogP) is 1.26. The Hall–Kier alpha value is -1.92. The molecule has 2 N–H and O–H groups in total. The molecule has 1 aliphatic rings. The van der Waals surface area contributed by atoms with E-state index < -0.39 is 0 Å². The highest BCUT2D eigenvalue weighted by Gasteiger charge is 2.17. The molecule has 1 aromatic carbocycles. The Balaban J connectivity index is 1.65. The molecule has 1 aliphatic heterocycles. The first kappa shape index (κ1) is 14.0. The van der Waals surface area contributed by atoms with Crippen molar-refractivity contribution >= 4 is 17.5 Å². The summed E-state index contributed by atoms with van der Waals surface area (Å²) in [6.07, 6.45) is 2.55. The first-order chi connectivity index (χ1) is 10.2. The number of halogens is 1. The molecule has 1 aromatic heterocycles. The number of nitrogens with zero attached hydrogens (tertiary/aromatic N) is 3. The molecule has 0 aliphatic carbocycles. The molecule has 0 radical (unpaired) electrons. The van der Waals surface area contributed by atoms with Crippen molar-refractivity contribution in [3.05, 3.63) is 41.2 Å². The van der Waals surface area contributed by atoms with Gasteiger partial charge in [0.15, 0.2) is 5.69 Å². The van der Waals surface area contributed by atoms with Crippen molar-refractivity contribution in [3.8, 4) is 5.69 Å². The van der Waals surface area contributed by atoms with Crippen LogP contribution in [0, 0.1) is 5.92 Å². The van der Waals surface area contributed by atoms with Crippen LogP contribution in [0.25, 0.3) is 5.69 Å². The summed E-state index contributed by atoms with van der Waals surface area (Å²) in [6.45, 7) is 2.64. The molecular weight excluding hydrogens is 290 g/mol. The summed E-state index contributed by atoms with van der Waals surface area (Å²) in [5.41, 5.74) is 1.03. The van der Waals surface area contributed by atoms with Crippen molar-refractivity contribution in [2.24, 2.45) is 5.92 Å². The van der Waals surface area contributed by atoms with Crippen molar-refractivity contribution in [1.29, 1.82) is 0 Å². The van der Waals surface area contributed by atoms with Crippen LogP contribution in [0.1, 0.15) is 16.9 Å². The summed E-state index contributed by atoms with van der Waals surface area (Å²) in [5.74, 6) is 0.298. The third kappa shape index (κ3) is 3.40. The fraction of sp³-hybridized carbons (Fsp3) is 0.357.